The molecule has 0 saturated heterocycles. The van der Waals surface area contributed by atoms with E-state index >= 15 is 0 Å². The summed E-state index contributed by atoms with van der Waals surface area (Å²) in [5.41, 5.74) is 5.97. The van der Waals surface area contributed by atoms with E-state index in [1.807, 2.05) is 30.3 Å². The van der Waals surface area contributed by atoms with Crippen molar-refractivity contribution in [2.24, 2.45) is 11.7 Å². The predicted molar refractivity (Wildman–Crippen MR) is 99.9 cm³/mol. The van der Waals surface area contributed by atoms with Crippen molar-refractivity contribution in [2.45, 2.75) is 26.4 Å². The normalized spacial score (nSPS) is 12.0. The maximum absolute atomic E-state index is 12.1. The van der Waals surface area contributed by atoms with E-state index in [1.54, 1.807) is 0 Å². The molecule has 2 rings (SSSR count). The number of amides is 1. The molecule has 2 aromatic rings. The highest BCUT2D eigenvalue weighted by atomic mass is 35.5. The molecule has 134 valence electrons. The fourth-order valence-corrected chi connectivity index (χ4v) is 2.48. The van der Waals surface area contributed by atoms with Crippen LogP contribution < -0.4 is 21.9 Å². The first kappa shape index (κ1) is 18.8. The summed E-state index contributed by atoms with van der Waals surface area (Å²) >= 11 is 6.10. The van der Waals surface area contributed by atoms with Crippen LogP contribution in [0.3, 0.4) is 0 Å². The maximum atomic E-state index is 12.1. The zero-order chi connectivity index (χ0) is 18.4. The van der Waals surface area contributed by atoms with Crippen molar-refractivity contribution in [3.8, 4) is 0 Å². The van der Waals surface area contributed by atoms with E-state index in [2.05, 4.69) is 29.6 Å². The highest BCUT2D eigenvalue weighted by Gasteiger charge is 2.15. The lowest BCUT2D eigenvalue weighted by molar-refractivity contribution is -0.118. The van der Waals surface area contributed by atoms with Gasteiger partial charge in [-0.1, -0.05) is 43.6 Å². The Bertz CT molecular complexity index is 776. The number of para-hydroxylation sites is 1. The van der Waals surface area contributed by atoms with Crippen LogP contribution in [0.1, 0.15) is 13.8 Å². The first-order valence-corrected chi connectivity index (χ1v) is 8.35. The Hall–Kier alpha value is -2.54. The zero-order valence-corrected chi connectivity index (χ0v) is 15.0. The Kier molecular flexibility index (Phi) is 6.41. The fraction of sp³-hybridized carbons (Fsp3) is 0.353. The van der Waals surface area contributed by atoms with Crippen LogP contribution in [0.25, 0.3) is 0 Å². The smallest absolute Gasteiger partial charge is 0.288 e. The van der Waals surface area contributed by atoms with Gasteiger partial charge in [-0.2, -0.15) is 5.10 Å². The summed E-state index contributed by atoms with van der Waals surface area (Å²) in [6.45, 7) is 4.45. The lowest BCUT2D eigenvalue weighted by Crippen LogP contribution is -2.34. The lowest BCUT2D eigenvalue weighted by Gasteiger charge is -2.24. The summed E-state index contributed by atoms with van der Waals surface area (Å²) < 4.78 is 0.942. The van der Waals surface area contributed by atoms with Crippen molar-refractivity contribution in [1.82, 2.24) is 9.78 Å². The molecule has 1 atom stereocenters. The van der Waals surface area contributed by atoms with Crippen molar-refractivity contribution >= 4 is 28.9 Å². The van der Waals surface area contributed by atoms with E-state index in [4.69, 9.17) is 17.3 Å². The highest BCUT2D eigenvalue weighted by Crippen LogP contribution is 2.17. The molecular weight excluding hydrogens is 342 g/mol. The fourth-order valence-electron chi connectivity index (χ4n) is 2.27. The van der Waals surface area contributed by atoms with Gasteiger partial charge in [-0.15, -0.1) is 0 Å². The number of carbonyl (C=O) groups excluding carboxylic acids is 1. The molecule has 0 aliphatic rings. The molecule has 4 N–H and O–H groups in total. The number of nitrogens with one attached hydrogen (secondary N) is 2. The number of nitrogens with zero attached hydrogens (tertiary/aromatic N) is 2. The summed E-state index contributed by atoms with van der Waals surface area (Å²) in [6.07, 6.45) is 1.42. The molecule has 0 aliphatic carbocycles. The summed E-state index contributed by atoms with van der Waals surface area (Å²) in [6, 6.07) is 9.99. The second-order valence-corrected chi connectivity index (χ2v) is 6.42. The Morgan fingerprint density at radius 3 is 2.60 bits per heavy atom. The van der Waals surface area contributed by atoms with Crippen LogP contribution in [0.5, 0.6) is 0 Å². The molecule has 7 nitrogen and oxygen atoms in total. The van der Waals surface area contributed by atoms with Gasteiger partial charge in [-0.05, 0) is 18.1 Å². The first-order chi connectivity index (χ1) is 11.9. The summed E-state index contributed by atoms with van der Waals surface area (Å²) in [4.78, 5) is 23.0. The maximum Gasteiger partial charge on any atom is 0.288 e. The minimum absolute atomic E-state index is 0.0153. The SMILES string of the molecule is CC(C)C(CNc1cnn(CC(N)=O)c(=O)c1Cl)Nc1ccccc1. The molecule has 1 heterocycles. The number of carbonyl (C=O) groups is 1. The first-order valence-electron chi connectivity index (χ1n) is 7.98. The Morgan fingerprint density at radius 2 is 2.00 bits per heavy atom. The molecule has 0 bridgehead atoms. The van der Waals surface area contributed by atoms with E-state index in [-0.39, 0.29) is 17.6 Å². The second-order valence-electron chi connectivity index (χ2n) is 6.04. The Balaban J connectivity index is 2.09. The molecule has 1 amide bonds. The van der Waals surface area contributed by atoms with Gasteiger partial charge in [0.25, 0.3) is 5.56 Å². The summed E-state index contributed by atoms with van der Waals surface area (Å²) in [5.74, 6) is -0.312. The number of nitrogens with two attached hydrogens (primary N) is 1. The molecule has 25 heavy (non-hydrogen) atoms. The van der Waals surface area contributed by atoms with Crippen LogP contribution in [0, 0.1) is 5.92 Å². The van der Waals surface area contributed by atoms with Gasteiger partial charge in [0.1, 0.15) is 11.6 Å². The molecule has 1 aromatic heterocycles. The van der Waals surface area contributed by atoms with Crippen LogP contribution in [0.2, 0.25) is 5.02 Å². The minimum atomic E-state index is -0.654. The molecule has 0 aliphatic heterocycles. The van der Waals surface area contributed by atoms with Gasteiger partial charge in [0.05, 0.1) is 11.9 Å². The number of primary amides is 1. The van der Waals surface area contributed by atoms with Crippen molar-refractivity contribution in [3.05, 3.63) is 51.9 Å². The van der Waals surface area contributed by atoms with Crippen molar-refractivity contribution in [2.75, 3.05) is 17.2 Å². The van der Waals surface area contributed by atoms with Gasteiger partial charge in [-0.25, -0.2) is 4.68 Å². The molecular formula is C17H22ClN5O2. The van der Waals surface area contributed by atoms with Crippen LogP contribution in [0.15, 0.2) is 41.3 Å². The number of hydrogen-bond acceptors (Lipinski definition) is 5. The highest BCUT2D eigenvalue weighted by molar-refractivity contribution is 6.32. The largest absolute Gasteiger partial charge is 0.380 e. The predicted octanol–water partition coefficient (Wildman–Crippen LogP) is 1.93. The van der Waals surface area contributed by atoms with Gasteiger partial charge < -0.3 is 16.4 Å². The number of benzene rings is 1. The summed E-state index contributed by atoms with van der Waals surface area (Å²) in [7, 11) is 0. The topological polar surface area (TPSA) is 102 Å². The van der Waals surface area contributed by atoms with Crippen LogP contribution in [-0.2, 0) is 11.3 Å². The average Bonchev–Trinajstić information content (AvgIpc) is 2.57. The second kappa shape index (κ2) is 8.53. The van der Waals surface area contributed by atoms with E-state index in [1.165, 1.54) is 6.20 Å². The minimum Gasteiger partial charge on any atom is -0.380 e. The van der Waals surface area contributed by atoms with Gasteiger partial charge in [0, 0.05) is 18.3 Å². The van der Waals surface area contributed by atoms with Gasteiger partial charge in [-0.3, -0.25) is 9.59 Å². The van der Waals surface area contributed by atoms with E-state index in [0.717, 1.165) is 10.4 Å². The molecule has 0 fully saturated rings. The van der Waals surface area contributed by atoms with Crippen LogP contribution in [-0.4, -0.2) is 28.3 Å². The third-order valence-electron chi connectivity index (χ3n) is 3.73. The Morgan fingerprint density at radius 1 is 1.32 bits per heavy atom. The van der Waals surface area contributed by atoms with Crippen molar-refractivity contribution in [3.63, 3.8) is 0 Å². The lowest BCUT2D eigenvalue weighted by atomic mass is 10.0. The molecule has 1 unspecified atom stereocenters. The van der Waals surface area contributed by atoms with Crippen molar-refractivity contribution < 1.29 is 4.79 Å². The average molecular weight is 364 g/mol. The third kappa shape index (κ3) is 5.22. The molecule has 0 radical (unpaired) electrons. The number of aromatic nitrogens is 2. The van der Waals surface area contributed by atoms with Crippen molar-refractivity contribution in [1.29, 1.82) is 0 Å². The third-order valence-corrected chi connectivity index (χ3v) is 4.10. The standard InChI is InChI=1S/C17H22ClN5O2/c1-11(2)13(22-12-6-4-3-5-7-12)8-20-14-9-21-23(10-15(19)24)17(25)16(14)18/h3-7,9,11,13,20,22H,8,10H2,1-2H3,(H2,19,24). The van der Waals surface area contributed by atoms with Crippen LogP contribution in [0.4, 0.5) is 11.4 Å². The van der Waals surface area contributed by atoms with E-state index in [9.17, 15) is 9.59 Å². The van der Waals surface area contributed by atoms with Gasteiger partial charge in [0.15, 0.2) is 0 Å². The number of hydrogen-bond donors (Lipinski definition) is 3. The van der Waals surface area contributed by atoms with Gasteiger partial charge in [0.2, 0.25) is 5.91 Å². The Labute approximate surface area is 151 Å². The quantitative estimate of drug-likeness (QED) is 0.665. The van der Waals surface area contributed by atoms with Gasteiger partial charge >= 0.3 is 0 Å². The molecule has 0 spiro atoms. The monoisotopic (exact) mass is 363 g/mol. The van der Waals surface area contributed by atoms with E-state index < -0.39 is 11.5 Å². The molecule has 0 saturated carbocycles. The van der Waals surface area contributed by atoms with Crippen LogP contribution >= 0.6 is 11.6 Å². The number of rotatable bonds is 8. The molecule has 8 heteroatoms. The van der Waals surface area contributed by atoms with E-state index in [0.29, 0.717) is 18.2 Å². The zero-order valence-electron chi connectivity index (χ0n) is 14.2. The number of anilines is 2. The summed E-state index contributed by atoms with van der Waals surface area (Å²) in [5, 5.41) is 10.5. The number of halogens is 1. The molecule has 1 aromatic carbocycles.